The highest BCUT2D eigenvalue weighted by molar-refractivity contribution is 7.89. The van der Waals surface area contributed by atoms with E-state index in [4.69, 9.17) is 0 Å². The number of ether oxygens (including phenoxy) is 1. The predicted molar refractivity (Wildman–Crippen MR) is 86.5 cm³/mol. The number of esters is 1. The molecule has 4 atom stereocenters. The first-order valence-corrected chi connectivity index (χ1v) is 9.59. The van der Waals surface area contributed by atoms with Crippen LogP contribution in [0.4, 0.5) is 0 Å². The smallest absolute Gasteiger partial charge is 0.337 e. The number of rotatable bonds is 5. The van der Waals surface area contributed by atoms with E-state index in [9.17, 15) is 13.2 Å². The fourth-order valence-corrected chi connectivity index (χ4v) is 5.55. The van der Waals surface area contributed by atoms with Crippen LogP contribution >= 0.6 is 0 Å². The van der Waals surface area contributed by atoms with Crippen molar-refractivity contribution in [2.75, 3.05) is 7.11 Å². The van der Waals surface area contributed by atoms with Gasteiger partial charge in [-0.2, -0.15) is 0 Å². The number of sulfonamides is 1. The lowest BCUT2D eigenvalue weighted by molar-refractivity contribution is 0.0600. The van der Waals surface area contributed by atoms with Crippen LogP contribution in [-0.4, -0.2) is 27.5 Å². The van der Waals surface area contributed by atoms with Gasteiger partial charge in [0, 0.05) is 6.04 Å². The molecule has 5 nitrogen and oxygen atoms in total. The van der Waals surface area contributed by atoms with E-state index in [0.717, 1.165) is 12.3 Å². The van der Waals surface area contributed by atoms with Gasteiger partial charge in [0.15, 0.2) is 0 Å². The summed E-state index contributed by atoms with van der Waals surface area (Å²) in [6.45, 7) is 1.95. The van der Waals surface area contributed by atoms with Crippen molar-refractivity contribution in [2.24, 2.45) is 17.8 Å². The zero-order valence-electron chi connectivity index (χ0n) is 13.5. The van der Waals surface area contributed by atoms with Crippen molar-refractivity contribution in [3.05, 3.63) is 29.8 Å². The molecule has 23 heavy (non-hydrogen) atoms. The molecule has 0 unspecified atom stereocenters. The fraction of sp³-hybridized carbons (Fsp3) is 0.588. The Bertz CT molecular complexity index is 700. The van der Waals surface area contributed by atoms with Crippen molar-refractivity contribution >= 4 is 16.0 Å². The Morgan fingerprint density at radius 2 is 2.09 bits per heavy atom. The number of hydrogen-bond acceptors (Lipinski definition) is 4. The van der Waals surface area contributed by atoms with E-state index in [0.29, 0.717) is 11.8 Å². The lowest BCUT2D eigenvalue weighted by Gasteiger charge is -2.28. The van der Waals surface area contributed by atoms with Gasteiger partial charge in [-0.1, -0.05) is 12.5 Å². The Labute approximate surface area is 137 Å². The van der Waals surface area contributed by atoms with Gasteiger partial charge in [0.05, 0.1) is 17.6 Å². The first-order valence-electron chi connectivity index (χ1n) is 8.11. The summed E-state index contributed by atoms with van der Waals surface area (Å²) in [5.74, 6) is 1.31. The maximum Gasteiger partial charge on any atom is 0.337 e. The fourth-order valence-electron chi connectivity index (χ4n) is 4.21. The average molecular weight is 337 g/mol. The number of methoxy groups -OCH3 is 1. The van der Waals surface area contributed by atoms with Crippen molar-refractivity contribution in [3.8, 4) is 0 Å². The molecule has 0 radical (unpaired) electrons. The molecule has 2 saturated carbocycles. The average Bonchev–Trinajstić information content (AvgIpc) is 3.17. The molecule has 1 N–H and O–H groups in total. The van der Waals surface area contributed by atoms with E-state index in [1.165, 1.54) is 38.5 Å². The number of carbonyl (C=O) groups excluding carboxylic acids is 1. The zero-order valence-corrected chi connectivity index (χ0v) is 14.3. The molecule has 0 saturated heterocycles. The van der Waals surface area contributed by atoms with Gasteiger partial charge >= 0.3 is 5.97 Å². The first kappa shape index (κ1) is 16.5. The molecule has 3 rings (SSSR count). The molecular formula is C17H23NO4S. The van der Waals surface area contributed by atoms with Crippen LogP contribution in [0.3, 0.4) is 0 Å². The summed E-state index contributed by atoms with van der Waals surface area (Å²) in [5, 5.41) is 0. The molecule has 0 aliphatic heterocycles. The van der Waals surface area contributed by atoms with Crippen molar-refractivity contribution < 1.29 is 17.9 Å². The maximum absolute atomic E-state index is 12.6. The highest BCUT2D eigenvalue weighted by Crippen LogP contribution is 2.49. The first-order chi connectivity index (χ1) is 10.9. The third-order valence-corrected chi connectivity index (χ3v) is 6.90. The van der Waals surface area contributed by atoms with Crippen LogP contribution in [0.15, 0.2) is 29.2 Å². The van der Waals surface area contributed by atoms with Crippen molar-refractivity contribution in [2.45, 2.75) is 43.5 Å². The number of benzene rings is 1. The van der Waals surface area contributed by atoms with E-state index >= 15 is 0 Å². The predicted octanol–water partition coefficient (Wildman–Crippen LogP) is 2.58. The maximum atomic E-state index is 12.6. The van der Waals surface area contributed by atoms with Crippen LogP contribution in [0.5, 0.6) is 0 Å². The SMILES string of the molecule is COC(=O)c1cccc(S(=O)(=O)N[C@H](C)[C@@H]2C[C@H]3CC[C@H]2C3)c1. The molecule has 0 spiro atoms. The van der Waals surface area contributed by atoms with E-state index in [1.807, 2.05) is 6.92 Å². The van der Waals surface area contributed by atoms with Gasteiger partial charge < -0.3 is 4.74 Å². The van der Waals surface area contributed by atoms with E-state index in [2.05, 4.69) is 9.46 Å². The normalized spacial score (nSPS) is 27.8. The largest absolute Gasteiger partial charge is 0.465 e. The minimum atomic E-state index is -3.64. The number of fused-ring (bicyclic) bond motifs is 2. The summed E-state index contributed by atoms with van der Waals surface area (Å²) >= 11 is 0. The van der Waals surface area contributed by atoms with Crippen LogP contribution in [0.2, 0.25) is 0 Å². The molecule has 0 heterocycles. The molecule has 2 fully saturated rings. The molecule has 2 aliphatic rings. The van der Waals surface area contributed by atoms with Crippen LogP contribution in [0.1, 0.15) is 43.0 Å². The van der Waals surface area contributed by atoms with Gasteiger partial charge in [-0.3, -0.25) is 0 Å². The zero-order chi connectivity index (χ0) is 16.6. The van der Waals surface area contributed by atoms with E-state index in [1.54, 1.807) is 12.1 Å². The summed E-state index contributed by atoms with van der Waals surface area (Å²) in [7, 11) is -2.36. The molecule has 0 amide bonds. The highest BCUT2D eigenvalue weighted by Gasteiger charge is 2.42. The van der Waals surface area contributed by atoms with Gasteiger partial charge in [-0.25, -0.2) is 17.9 Å². The van der Waals surface area contributed by atoms with Crippen molar-refractivity contribution in [3.63, 3.8) is 0 Å². The topological polar surface area (TPSA) is 72.5 Å². The van der Waals surface area contributed by atoms with Crippen LogP contribution in [0.25, 0.3) is 0 Å². The van der Waals surface area contributed by atoms with Gasteiger partial charge in [0.2, 0.25) is 10.0 Å². The second-order valence-corrected chi connectivity index (χ2v) is 8.48. The van der Waals surface area contributed by atoms with Crippen molar-refractivity contribution in [1.82, 2.24) is 4.72 Å². The monoisotopic (exact) mass is 337 g/mol. The third-order valence-electron chi connectivity index (χ3n) is 5.34. The van der Waals surface area contributed by atoms with E-state index < -0.39 is 16.0 Å². The summed E-state index contributed by atoms with van der Waals surface area (Å²) in [6, 6.07) is 5.88. The Kier molecular flexibility index (Phi) is 4.47. The second-order valence-electron chi connectivity index (χ2n) is 6.77. The summed E-state index contributed by atoms with van der Waals surface area (Å²) in [4.78, 5) is 11.7. The summed E-state index contributed by atoms with van der Waals surface area (Å²) in [5.41, 5.74) is 0.239. The van der Waals surface area contributed by atoms with Gasteiger partial charge in [0.25, 0.3) is 0 Å². The standard InChI is InChI=1S/C17H23NO4S/c1-11(16-9-12-6-7-13(16)8-12)18-23(20,21)15-5-3-4-14(10-15)17(19)22-2/h3-5,10-13,16,18H,6-9H2,1-2H3/t11-,12+,13+,16+/m1/s1. The number of nitrogens with one attached hydrogen (secondary N) is 1. The minimum Gasteiger partial charge on any atom is -0.465 e. The summed E-state index contributed by atoms with van der Waals surface area (Å²) < 4.78 is 32.7. The molecule has 0 aromatic heterocycles. The van der Waals surface area contributed by atoms with Crippen LogP contribution in [0, 0.1) is 17.8 Å². The highest BCUT2D eigenvalue weighted by atomic mass is 32.2. The Balaban J connectivity index is 1.75. The molecule has 1 aromatic rings. The van der Waals surface area contributed by atoms with E-state index in [-0.39, 0.29) is 16.5 Å². The molecule has 1 aromatic carbocycles. The lowest BCUT2D eigenvalue weighted by atomic mass is 9.84. The minimum absolute atomic E-state index is 0.0860. The molecule has 126 valence electrons. The van der Waals surface area contributed by atoms with Gasteiger partial charge in [-0.15, -0.1) is 0 Å². The third kappa shape index (κ3) is 3.28. The quantitative estimate of drug-likeness (QED) is 0.838. The van der Waals surface area contributed by atoms with Gasteiger partial charge in [-0.05, 0) is 62.1 Å². The molecular weight excluding hydrogens is 314 g/mol. The Hall–Kier alpha value is -1.40. The van der Waals surface area contributed by atoms with Crippen LogP contribution < -0.4 is 4.72 Å². The second kappa shape index (κ2) is 6.24. The molecule has 2 bridgehead atoms. The Morgan fingerprint density at radius 1 is 1.30 bits per heavy atom. The molecule has 6 heteroatoms. The molecule has 2 aliphatic carbocycles. The van der Waals surface area contributed by atoms with Crippen molar-refractivity contribution in [1.29, 1.82) is 0 Å². The summed E-state index contributed by atoms with van der Waals surface area (Å²) in [6.07, 6.45) is 4.88. The lowest BCUT2D eigenvalue weighted by Crippen LogP contribution is -2.40. The van der Waals surface area contributed by atoms with Crippen LogP contribution in [-0.2, 0) is 14.8 Å². The Morgan fingerprint density at radius 3 is 2.70 bits per heavy atom. The number of hydrogen-bond donors (Lipinski definition) is 1. The van der Waals surface area contributed by atoms with Gasteiger partial charge in [0.1, 0.15) is 0 Å². The number of carbonyl (C=O) groups is 1.